The summed E-state index contributed by atoms with van der Waals surface area (Å²) in [5, 5.41) is 8.97. The van der Waals surface area contributed by atoms with Gasteiger partial charge in [-0.05, 0) is 61.0 Å². The van der Waals surface area contributed by atoms with Crippen LogP contribution in [0.4, 0.5) is 23.2 Å². The Balaban J connectivity index is 0.000000188. The summed E-state index contributed by atoms with van der Waals surface area (Å²) in [5.74, 6) is -3.54. The second-order valence-electron chi connectivity index (χ2n) is 8.78. The van der Waals surface area contributed by atoms with Crippen molar-refractivity contribution >= 4 is 39.9 Å². The van der Waals surface area contributed by atoms with E-state index in [4.69, 9.17) is 22.4 Å². The fourth-order valence-corrected chi connectivity index (χ4v) is 4.16. The number of anilines is 1. The van der Waals surface area contributed by atoms with Crippen molar-refractivity contribution in [3.63, 3.8) is 0 Å². The molecule has 10 heteroatoms. The number of nitrogen functional groups attached to an aromatic ring is 1. The third-order valence-electron chi connectivity index (χ3n) is 6.01. The lowest BCUT2D eigenvalue weighted by atomic mass is 10.0. The maximum absolute atomic E-state index is 13.9. The maximum atomic E-state index is 13.9. The predicted octanol–water partition coefficient (Wildman–Crippen LogP) is 8.67. The molecule has 5 aromatic rings. The molecule has 5 nitrogen and oxygen atoms in total. The highest BCUT2D eigenvalue weighted by Gasteiger charge is 2.16. The van der Waals surface area contributed by atoms with E-state index in [0.29, 0.717) is 28.8 Å². The van der Waals surface area contributed by atoms with E-state index in [-0.39, 0.29) is 33.3 Å². The van der Waals surface area contributed by atoms with E-state index >= 15 is 0 Å². The van der Waals surface area contributed by atoms with Gasteiger partial charge in [0.2, 0.25) is 0 Å². The van der Waals surface area contributed by atoms with Crippen LogP contribution in [0.1, 0.15) is 39.6 Å². The molecule has 0 aliphatic carbocycles. The number of carboxylic acids is 1. The molecule has 0 amide bonds. The van der Waals surface area contributed by atoms with Gasteiger partial charge >= 0.3 is 5.97 Å². The van der Waals surface area contributed by atoms with Crippen LogP contribution in [0.25, 0.3) is 22.2 Å². The van der Waals surface area contributed by atoms with Gasteiger partial charge in [-0.15, -0.1) is 0 Å². The van der Waals surface area contributed by atoms with Gasteiger partial charge < -0.3 is 10.8 Å². The highest BCUT2D eigenvalue weighted by Crippen LogP contribution is 2.35. The van der Waals surface area contributed by atoms with Gasteiger partial charge in [-0.3, -0.25) is 4.79 Å². The van der Waals surface area contributed by atoms with Gasteiger partial charge in [-0.25, -0.2) is 27.3 Å². The lowest BCUT2D eigenvalue weighted by Gasteiger charge is -2.11. The molecule has 0 saturated heterocycles. The Morgan fingerprint density at radius 2 is 1.38 bits per heavy atom. The lowest BCUT2D eigenvalue weighted by molar-refractivity contribution is 0.0693. The number of rotatable bonds is 4. The molecular weight excluding hydrogens is 572 g/mol. The van der Waals surface area contributed by atoms with Crippen molar-refractivity contribution in [2.75, 3.05) is 5.73 Å². The molecule has 216 valence electrons. The number of hydrogen-bond donors (Lipinski definition) is 2. The Kier molecular flexibility index (Phi) is 10.8. The van der Waals surface area contributed by atoms with E-state index < -0.39 is 29.0 Å². The minimum Gasteiger partial charge on any atom is -0.478 e. The summed E-state index contributed by atoms with van der Waals surface area (Å²) in [4.78, 5) is 25.7. The number of aromatic nitrogens is 1. The van der Waals surface area contributed by atoms with Crippen molar-refractivity contribution in [3.05, 3.63) is 130 Å². The molecule has 5 rings (SSSR count). The van der Waals surface area contributed by atoms with Gasteiger partial charge in [-0.2, -0.15) is 0 Å². The zero-order valence-corrected chi connectivity index (χ0v) is 23.2. The van der Waals surface area contributed by atoms with E-state index in [1.54, 1.807) is 56.3 Å². The second-order valence-corrected chi connectivity index (χ2v) is 9.16. The number of carbonyl (C=O) groups excluding carboxylic acids is 1. The molecule has 0 aliphatic rings. The first-order chi connectivity index (χ1) is 20.0. The van der Waals surface area contributed by atoms with Gasteiger partial charge in [0, 0.05) is 17.7 Å². The zero-order chi connectivity index (χ0) is 31.0. The third kappa shape index (κ3) is 7.30. The Morgan fingerprint density at radius 3 is 1.95 bits per heavy atom. The molecule has 42 heavy (non-hydrogen) atoms. The summed E-state index contributed by atoms with van der Waals surface area (Å²) in [6, 6.07) is 20.7. The minimum atomic E-state index is -1.35. The number of carbonyl (C=O) groups is 2. The first-order valence-corrected chi connectivity index (χ1v) is 12.9. The first-order valence-electron chi connectivity index (χ1n) is 12.5. The van der Waals surface area contributed by atoms with Gasteiger partial charge in [0.05, 0.1) is 27.2 Å². The summed E-state index contributed by atoms with van der Waals surface area (Å²) in [7, 11) is 0. The minimum absolute atomic E-state index is 0.0579. The molecule has 3 N–H and O–H groups in total. The smallest absolute Gasteiger partial charge is 0.340 e. The number of carboxylic acid groups (broad SMARTS) is 1. The van der Waals surface area contributed by atoms with Gasteiger partial charge in [0.25, 0.3) is 0 Å². The van der Waals surface area contributed by atoms with Crippen molar-refractivity contribution in [2.24, 2.45) is 0 Å². The number of halogens is 5. The van der Waals surface area contributed by atoms with E-state index in [0.717, 1.165) is 6.07 Å². The predicted molar refractivity (Wildman–Crippen MR) is 156 cm³/mol. The number of aromatic carboxylic acids is 1. The summed E-state index contributed by atoms with van der Waals surface area (Å²) in [6.07, 6.45) is 0.348. The number of pyridine rings is 1. The summed E-state index contributed by atoms with van der Waals surface area (Å²) < 4.78 is 53.2. The Bertz CT molecular complexity index is 1740. The standard InChI is InChI=1S/C16H10ClF2N.C9H9FO.C7H6FNO2/c1-9-15(17)14-12(19)7-4-8-13(14)20-16(9)10-5-2-3-6-11(10)18;1-2-9(11)7-5-3-4-6-8(7)10;8-4-2-1-3-5(9)6(4)7(10)11/h2-8H,1H3;3-6H,2H2,1H3;1-3H,9H2,(H,10,11). The van der Waals surface area contributed by atoms with Crippen molar-refractivity contribution in [1.82, 2.24) is 4.98 Å². The fourth-order valence-electron chi connectivity index (χ4n) is 3.88. The van der Waals surface area contributed by atoms with Crippen LogP contribution in [0.15, 0.2) is 84.9 Å². The Hall–Kier alpha value is -4.76. The topological polar surface area (TPSA) is 93.3 Å². The van der Waals surface area contributed by atoms with Gasteiger partial charge in [-0.1, -0.05) is 54.9 Å². The Labute approximate surface area is 244 Å². The van der Waals surface area contributed by atoms with Crippen molar-refractivity contribution < 1.29 is 32.3 Å². The molecule has 1 aromatic heterocycles. The first kappa shape index (κ1) is 31.8. The number of fused-ring (bicyclic) bond motifs is 1. The molecule has 0 fully saturated rings. The SMILES string of the molecule is CCC(=O)c1ccccc1F.Cc1c(-c2ccccc2F)nc2cccc(F)c2c1Cl.Nc1cccc(F)c1C(=O)O. The van der Waals surface area contributed by atoms with E-state index in [1.807, 2.05) is 0 Å². The van der Waals surface area contributed by atoms with Crippen LogP contribution in [0.2, 0.25) is 5.02 Å². The largest absolute Gasteiger partial charge is 0.478 e. The highest BCUT2D eigenvalue weighted by molar-refractivity contribution is 6.36. The third-order valence-corrected chi connectivity index (χ3v) is 6.48. The van der Waals surface area contributed by atoms with E-state index in [1.165, 1.54) is 36.4 Å². The van der Waals surface area contributed by atoms with Crippen molar-refractivity contribution in [1.29, 1.82) is 0 Å². The molecule has 0 bridgehead atoms. The fraction of sp³-hybridized carbons (Fsp3) is 0.0938. The number of nitrogens with two attached hydrogens (primary N) is 1. The van der Waals surface area contributed by atoms with Crippen LogP contribution in [-0.4, -0.2) is 21.8 Å². The summed E-state index contributed by atoms with van der Waals surface area (Å²) >= 11 is 6.24. The average molecular weight is 597 g/mol. The van der Waals surface area contributed by atoms with E-state index in [2.05, 4.69) is 4.98 Å². The molecule has 0 aliphatic heterocycles. The Morgan fingerprint density at radius 1 is 0.810 bits per heavy atom. The molecule has 0 saturated carbocycles. The molecular formula is C32H25ClF4N2O3. The molecule has 0 atom stereocenters. The quantitative estimate of drug-likeness (QED) is 0.123. The van der Waals surface area contributed by atoms with Crippen LogP contribution >= 0.6 is 11.6 Å². The molecule has 0 unspecified atom stereocenters. The van der Waals surface area contributed by atoms with Crippen LogP contribution in [0.5, 0.6) is 0 Å². The molecule has 1 heterocycles. The summed E-state index contributed by atoms with van der Waals surface area (Å²) in [6.45, 7) is 3.43. The van der Waals surface area contributed by atoms with Crippen LogP contribution < -0.4 is 5.73 Å². The monoisotopic (exact) mass is 596 g/mol. The van der Waals surface area contributed by atoms with Crippen molar-refractivity contribution in [2.45, 2.75) is 20.3 Å². The highest BCUT2D eigenvalue weighted by atomic mass is 35.5. The number of hydrogen-bond acceptors (Lipinski definition) is 4. The number of ketones is 1. The van der Waals surface area contributed by atoms with E-state index in [9.17, 15) is 27.2 Å². The van der Waals surface area contributed by atoms with Crippen LogP contribution in [0, 0.1) is 30.2 Å². The summed E-state index contributed by atoms with van der Waals surface area (Å²) in [5.41, 5.74) is 6.64. The molecule has 0 radical (unpaired) electrons. The van der Waals surface area contributed by atoms with Crippen LogP contribution in [-0.2, 0) is 0 Å². The number of benzene rings is 4. The number of Topliss-reactive ketones (excluding diaryl/α,β-unsaturated/α-hetero) is 1. The van der Waals surface area contributed by atoms with Crippen molar-refractivity contribution in [3.8, 4) is 11.3 Å². The van der Waals surface area contributed by atoms with Gasteiger partial charge in [0.1, 0.15) is 28.8 Å². The lowest BCUT2D eigenvalue weighted by Crippen LogP contribution is -2.04. The van der Waals surface area contributed by atoms with Crippen LogP contribution in [0.3, 0.4) is 0 Å². The zero-order valence-electron chi connectivity index (χ0n) is 22.5. The molecule has 0 spiro atoms. The average Bonchev–Trinajstić information content (AvgIpc) is 2.95. The second kappa shape index (κ2) is 14.2. The van der Waals surface area contributed by atoms with Gasteiger partial charge in [0.15, 0.2) is 5.78 Å². The maximum Gasteiger partial charge on any atom is 0.340 e. The number of nitrogens with zero attached hydrogens (tertiary/aromatic N) is 1. The molecule has 4 aromatic carbocycles. The normalized spacial score (nSPS) is 10.3.